The first-order valence-electron chi connectivity index (χ1n) is 10.8. The van der Waals surface area contributed by atoms with Gasteiger partial charge in [0.15, 0.2) is 18.2 Å². The third kappa shape index (κ3) is 5.12. The molecule has 1 amide bonds. The van der Waals surface area contributed by atoms with E-state index < -0.39 is 18.5 Å². The first-order chi connectivity index (χ1) is 16.8. The van der Waals surface area contributed by atoms with Crippen molar-refractivity contribution in [1.29, 1.82) is 0 Å². The lowest BCUT2D eigenvalue weighted by Crippen LogP contribution is -2.22. The van der Waals surface area contributed by atoms with Crippen molar-refractivity contribution >= 4 is 29.3 Å². The Bertz CT molecular complexity index is 1380. The lowest BCUT2D eigenvalue weighted by Gasteiger charge is -2.11. The highest BCUT2D eigenvalue weighted by atomic mass is 32.2. The molecule has 0 aliphatic carbocycles. The predicted octanol–water partition coefficient (Wildman–Crippen LogP) is 4.67. The number of nitrogens with one attached hydrogen (secondary N) is 1. The Kier molecular flexibility index (Phi) is 7.02. The second kappa shape index (κ2) is 10.1. The molecule has 9 nitrogen and oxygen atoms in total. The van der Waals surface area contributed by atoms with Crippen LogP contribution in [0.2, 0.25) is 0 Å². The monoisotopic (exact) mass is 491 g/mol. The fourth-order valence-corrected chi connectivity index (χ4v) is 4.20. The number of carbonyl (C=O) groups is 2. The minimum Gasteiger partial charge on any atom is -0.461 e. The van der Waals surface area contributed by atoms with E-state index in [1.54, 1.807) is 30.0 Å². The number of benzene rings is 1. The van der Waals surface area contributed by atoms with Gasteiger partial charge in [-0.1, -0.05) is 17.7 Å². The van der Waals surface area contributed by atoms with Crippen molar-refractivity contribution in [2.24, 2.45) is 0 Å². The SMILES string of the molecule is CSc1nc(-c2ccco2)nc(C)c1C(=O)OCC(=O)Nc1c(C)nn(-c2ccc(C)cc2)c1C. The third-order valence-electron chi connectivity index (χ3n) is 5.36. The van der Waals surface area contributed by atoms with E-state index in [1.807, 2.05) is 45.0 Å². The molecule has 0 radical (unpaired) electrons. The zero-order valence-electron chi connectivity index (χ0n) is 20.1. The van der Waals surface area contributed by atoms with Crippen LogP contribution in [0.5, 0.6) is 0 Å². The van der Waals surface area contributed by atoms with Crippen LogP contribution < -0.4 is 5.32 Å². The number of rotatable bonds is 7. The molecule has 3 heterocycles. The van der Waals surface area contributed by atoms with Crippen molar-refractivity contribution < 1.29 is 18.7 Å². The van der Waals surface area contributed by atoms with Crippen LogP contribution in [0.4, 0.5) is 5.69 Å². The average Bonchev–Trinajstić information content (AvgIpc) is 3.47. The average molecular weight is 492 g/mol. The Morgan fingerprint density at radius 2 is 1.80 bits per heavy atom. The van der Waals surface area contributed by atoms with Gasteiger partial charge in [0.1, 0.15) is 10.6 Å². The fraction of sp³-hybridized carbons (Fsp3) is 0.240. The van der Waals surface area contributed by atoms with E-state index in [0.717, 1.165) is 16.9 Å². The molecule has 0 saturated carbocycles. The quantitative estimate of drug-likeness (QED) is 0.225. The van der Waals surface area contributed by atoms with E-state index in [4.69, 9.17) is 9.15 Å². The van der Waals surface area contributed by atoms with Crippen molar-refractivity contribution in [3.05, 3.63) is 70.9 Å². The van der Waals surface area contributed by atoms with Gasteiger partial charge in [0, 0.05) is 0 Å². The number of aromatic nitrogens is 4. The molecule has 0 aliphatic rings. The summed E-state index contributed by atoms with van der Waals surface area (Å²) in [6.45, 7) is 6.93. The predicted molar refractivity (Wildman–Crippen MR) is 133 cm³/mol. The van der Waals surface area contributed by atoms with Crippen LogP contribution >= 0.6 is 11.8 Å². The van der Waals surface area contributed by atoms with Crippen LogP contribution in [-0.2, 0) is 9.53 Å². The Hall–Kier alpha value is -3.92. The summed E-state index contributed by atoms with van der Waals surface area (Å²) < 4.78 is 12.4. The lowest BCUT2D eigenvalue weighted by molar-refractivity contribution is -0.119. The van der Waals surface area contributed by atoms with Crippen LogP contribution in [0.25, 0.3) is 17.3 Å². The number of thioether (sulfide) groups is 1. The van der Waals surface area contributed by atoms with Crippen molar-refractivity contribution in [1.82, 2.24) is 19.7 Å². The Morgan fingerprint density at radius 1 is 1.06 bits per heavy atom. The highest BCUT2D eigenvalue weighted by Crippen LogP contribution is 2.26. The van der Waals surface area contributed by atoms with Gasteiger partial charge in [0.25, 0.3) is 5.91 Å². The molecular formula is C25H25N5O4S. The molecule has 0 aliphatic heterocycles. The molecule has 35 heavy (non-hydrogen) atoms. The number of nitrogens with zero attached hydrogens (tertiary/aromatic N) is 4. The largest absolute Gasteiger partial charge is 0.461 e. The van der Waals surface area contributed by atoms with E-state index in [0.29, 0.717) is 33.7 Å². The van der Waals surface area contributed by atoms with Crippen LogP contribution in [0, 0.1) is 27.7 Å². The summed E-state index contributed by atoms with van der Waals surface area (Å²) in [5.41, 5.74) is 4.71. The second-order valence-corrected chi connectivity index (χ2v) is 8.71. The number of amides is 1. The lowest BCUT2D eigenvalue weighted by atomic mass is 10.2. The highest BCUT2D eigenvalue weighted by Gasteiger charge is 2.22. The van der Waals surface area contributed by atoms with Gasteiger partial charge in [-0.05, 0) is 58.2 Å². The molecule has 0 atom stereocenters. The molecular weight excluding hydrogens is 466 g/mol. The normalized spacial score (nSPS) is 10.9. The summed E-state index contributed by atoms with van der Waals surface area (Å²) in [5, 5.41) is 7.79. The number of aryl methyl sites for hydroxylation is 3. The van der Waals surface area contributed by atoms with Gasteiger partial charge in [-0.15, -0.1) is 11.8 Å². The maximum atomic E-state index is 12.8. The van der Waals surface area contributed by atoms with Crippen molar-refractivity contribution in [2.75, 3.05) is 18.2 Å². The van der Waals surface area contributed by atoms with Gasteiger partial charge >= 0.3 is 5.97 Å². The van der Waals surface area contributed by atoms with Gasteiger partial charge in [-0.2, -0.15) is 5.10 Å². The maximum Gasteiger partial charge on any atom is 0.343 e. The standard InChI is InChI=1S/C25H25N5O4S/c1-14-8-10-18(11-9-14)30-17(4)22(16(3)29-30)27-20(31)13-34-25(32)21-15(2)26-23(28-24(21)35-5)19-7-6-12-33-19/h6-12H,13H2,1-5H3,(H,27,31). The first kappa shape index (κ1) is 24.2. The van der Waals surface area contributed by atoms with Gasteiger partial charge in [0.2, 0.25) is 0 Å². The zero-order valence-corrected chi connectivity index (χ0v) is 20.9. The van der Waals surface area contributed by atoms with Gasteiger partial charge in [0.05, 0.1) is 34.7 Å². The Balaban J connectivity index is 1.46. The number of carbonyl (C=O) groups excluding carboxylic acids is 2. The first-order valence-corrected chi connectivity index (χ1v) is 12.1. The van der Waals surface area contributed by atoms with Crippen molar-refractivity contribution in [2.45, 2.75) is 32.7 Å². The number of ether oxygens (including phenoxy) is 1. The van der Waals surface area contributed by atoms with Crippen LogP contribution in [0.15, 0.2) is 52.1 Å². The fourth-order valence-electron chi connectivity index (χ4n) is 3.59. The van der Waals surface area contributed by atoms with Crippen molar-refractivity contribution in [3.63, 3.8) is 0 Å². The van der Waals surface area contributed by atoms with Gasteiger partial charge in [-0.3, -0.25) is 4.79 Å². The molecule has 0 fully saturated rings. The molecule has 0 saturated heterocycles. The minimum atomic E-state index is -0.670. The summed E-state index contributed by atoms with van der Waals surface area (Å²) in [6, 6.07) is 11.4. The van der Waals surface area contributed by atoms with Crippen molar-refractivity contribution in [3.8, 4) is 17.3 Å². The highest BCUT2D eigenvalue weighted by molar-refractivity contribution is 7.98. The Morgan fingerprint density at radius 3 is 2.46 bits per heavy atom. The summed E-state index contributed by atoms with van der Waals surface area (Å²) in [7, 11) is 0. The second-order valence-electron chi connectivity index (χ2n) is 7.91. The maximum absolute atomic E-state index is 12.8. The molecule has 0 bridgehead atoms. The zero-order chi connectivity index (χ0) is 25.1. The summed E-state index contributed by atoms with van der Waals surface area (Å²) in [6.07, 6.45) is 3.33. The van der Waals surface area contributed by atoms with E-state index in [-0.39, 0.29) is 5.56 Å². The summed E-state index contributed by atoms with van der Waals surface area (Å²) in [4.78, 5) is 34.2. The van der Waals surface area contributed by atoms with Crippen LogP contribution in [0.1, 0.15) is 33.0 Å². The number of furan rings is 1. The molecule has 0 unspecified atom stereocenters. The van der Waals surface area contributed by atoms with Crippen LogP contribution in [-0.4, -0.2) is 44.5 Å². The minimum absolute atomic E-state index is 0.222. The van der Waals surface area contributed by atoms with E-state index in [2.05, 4.69) is 20.4 Å². The number of hydrogen-bond donors (Lipinski definition) is 1. The third-order valence-corrected chi connectivity index (χ3v) is 6.05. The van der Waals surface area contributed by atoms with Gasteiger partial charge < -0.3 is 14.5 Å². The van der Waals surface area contributed by atoms with E-state index >= 15 is 0 Å². The molecule has 4 aromatic rings. The molecule has 1 aromatic carbocycles. The molecule has 4 rings (SSSR count). The molecule has 10 heteroatoms. The topological polar surface area (TPSA) is 112 Å². The Labute approximate surface area is 206 Å². The summed E-state index contributed by atoms with van der Waals surface area (Å²) >= 11 is 1.29. The molecule has 1 N–H and O–H groups in total. The van der Waals surface area contributed by atoms with E-state index in [1.165, 1.54) is 18.0 Å². The molecule has 3 aromatic heterocycles. The van der Waals surface area contributed by atoms with E-state index in [9.17, 15) is 9.59 Å². The number of anilines is 1. The smallest absolute Gasteiger partial charge is 0.343 e. The summed E-state index contributed by atoms with van der Waals surface area (Å²) in [5.74, 6) is -0.261. The molecule has 180 valence electrons. The van der Waals surface area contributed by atoms with Gasteiger partial charge in [-0.25, -0.2) is 19.4 Å². The van der Waals surface area contributed by atoms with Crippen LogP contribution in [0.3, 0.4) is 0 Å². The molecule has 0 spiro atoms. The number of hydrogen-bond acceptors (Lipinski definition) is 8. The number of esters is 1.